The molecule has 2 aromatic rings. The zero-order valence-corrected chi connectivity index (χ0v) is 19.8. The average Bonchev–Trinajstić information content (AvgIpc) is 3.19. The molecule has 33 heavy (non-hydrogen) atoms. The first kappa shape index (κ1) is 24.6. The number of methoxy groups -OCH3 is 1. The largest absolute Gasteiger partial charge is 0.383 e. The van der Waals surface area contributed by atoms with Gasteiger partial charge in [-0.3, -0.25) is 23.9 Å². The Morgan fingerprint density at radius 1 is 1.27 bits per heavy atom. The van der Waals surface area contributed by atoms with E-state index in [0.717, 1.165) is 4.90 Å². The molecule has 10 nitrogen and oxygen atoms in total. The number of H-pyrrole nitrogens is 1. The van der Waals surface area contributed by atoms with E-state index in [2.05, 4.69) is 4.98 Å². The van der Waals surface area contributed by atoms with Gasteiger partial charge in [-0.2, -0.15) is 0 Å². The smallest absolute Gasteiger partial charge is 0.330 e. The number of anilines is 3. The molecule has 1 saturated heterocycles. The van der Waals surface area contributed by atoms with Crippen LogP contribution in [0, 0.1) is 5.92 Å². The van der Waals surface area contributed by atoms with E-state index in [1.54, 1.807) is 16.7 Å². The van der Waals surface area contributed by atoms with Crippen LogP contribution < -0.4 is 26.8 Å². The minimum Gasteiger partial charge on any atom is -0.383 e. The van der Waals surface area contributed by atoms with E-state index >= 15 is 0 Å². The number of ether oxygens (including phenoxy) is 1. The van der Waals surface area contributed by atoms with E-state index in [1.165, 1.54) is 16.6 Å². The van der Waals surface area contributed by atoms with Crippen LogP contribution in [-0.4, -0.2) is 54.4 Å². The number of rotatable bonds is 9. The van der Waals surface area contributed by atoms with Crippen LogP contribution in [0.15, 0.2) is 38.8 Å². The summed E-state index contributed by atoms with van der Waals surface area (Å²) in [6.07, 6.45) is 2.60. The molecule has 1 unspecified atom stereocenters. The lowest BCUT2D eigenvalue weighted by Crippen LogP contribution is -2.45. The molecule has 0 radical (unpaired) electrons. The van der Waals surface area contributed by atoms with Gasteiger partial charge >= 0.3 is 5.69 Å². The third kappa shape index (κ3) is 5.14. The highest BCUT2D eigenvalue weighted by Gasteiger charge is 2.39. The zero-order valence-electron chi connectivity index (χ0n) is 19.0. The monoisotopic (exact) mass is 475 g/mol. The lowest BCUT2D eigenvalue weighted by atomic mass is 10.1. The molecule has 1 aromatic heterocycles. The summed E-state index contributed by atoms with van der Waals surface area (Å²) in [4.78, 5) is 57.3. The SMILES string of the molecule is CCCn1c(N)c(N(CCOC)C(=O)C2CC(=O)N(c3ccc(SC)cc3)C2)c(=O)[nH]c1=O. The molecule has 11 heteroatoms. The summed E-state index contributed by atoms with van der Waals surface area (Å²) >= 11 is 1.60. The van der Waals surface area contributed by atoms with Crippen LogP contribution in [0.4, 0.5) is 17.2 Å². The van der Waals surface area contributed by atoms with Gasteiger partial charge in [0.05, 0.1) is 12.5 Å². The van der Waals surface area contributed by atoms with Gasteiger partial charge in [-0.25, -0.2) is 4.79 Å². The minimum atomic E-state index is -0.747. The third-order valence-electron chi connectivity index (χ3n) is 5.57. The highest BCUT2D eigenvalue weighted by molar-refractivity contribution is 7.98. The molecule has 1 aromatic carbocycles. The number of nitrogen functional groups attached to an aromatic ring is 1. The summed E-state index contributed by atoms with van der Waals surface area (Å²) in [6, 6.07) is 7.54. The lowest BCUT2D eigenvalue weighted by molar-refractivity contribution is -0.124. The van der Waals surface area contributed by atoms with Gasteiger partial charge in [-0.05, 0) is 36.9 Å². The number of carbonyl (C=O) groups is 2. The molecular weight excluding hydrogens is 446 g/mol. The second-order valence-corrected chi connectivity index (χ2v) is 8.61. The fourth-order valence-electron chi connectivity index (χ4n) is 3.90. The molecule has 0 aliphatic carbocycles. The molecule has 3 N–H and O–H groups in total. The molecule has 3 rings (SSSR count). The highest BCUT2D eigenvalue weighted by Crippen LogP contribution is 2.29. The van der Waals surface area contributed by atoms with Crippen molar-refractivity contribution in [2.45, 2.75) is 31.2 Å². The van der Waals surface area contributed by atoms with Gasteiger partial charge < -0.3 is 20.3 Å². The highest BCUT2D eigenvalue weighted by atomic mass is 32.2. The third-order valence-corrected chi connectivity index (χ3v) is 6.32. The second kappa shape index (κ2) is 10.7. The van der Waals surface area contributed by atoms with Crippen LogP contribution >= 0.6 is 11.8 Å². The van der Waals surface area contributed by atoms with E-state index in [1.807, 2.05) is 37.4 Å². The van der Waals surface area contributed by atoms with Crippen molar-refractivity contribution in [3.05, 3.63) is 45.1 Å². The quantitative estimate of drug-likeness (QED) is 0.523. The van der Waals surface area contributed by atoms with Crippen LogP contribution in [0.5, 0.6) is 0 Å². The summed E-state index contributed by atoms with van der Waals surface area (Å²) in [6.45, 7) is 2.56. The summed E-state index contributed by atoms with van der Waals surface area (Å²) in [5.74, 6) is -1.33. The van der Waals surface area contributed by atoms with Gasteiger partial charge in [-0.15, -0.1) is 11.8 Å². The Morgan fingerprint density at radius 2 is 1.97 bits per heavy atom. The molecule has 1 fully saturated rings. The van der Waals surface area contributed by atoms with Crippen LogP contribution in [0.25, 0.3) is 0 Å². The number of nitrogens with zero attached hydrogens (tertiary/aromatic N) is 3. The van der Waals surface area contributed by atoms with Gasteiger partial charge in [0, 0.05) is 43.7 Å². The van der Waals surface area contributed by atoms with Crippen molar-refractivity contribution >= 4 is 40.8 Å². The topological polar surface area (TPSA) is 131 Å². The lowest BCUT2D eigenvalue weighted by Gasteiger charge is -2.26. The van der Waals surface area contributed by atoms with Crippen molar-refractivity contribution in [3.8, 4) is 0 Å². The van der Waals surface area contributed by atoms with Crippen molar-refractivity contribution in [3.63, 3.8) is 0 Å². The molecule has 0 spiro atoms. The maximum atomic E-state index is 13.5. The summed E-state index contributed by atoms with van der Waals surface area (Å²) in [7, 11) is 1.48. The molecule has 0 bridgehead atoms. The number of hydrogen-bond acceptors (Lipinski definition) is 7. The number of benzene rings is 1. The molecule has 2 heterocycles. The Bertz CT molecular complexity index is 1130. The van der Waals surface area contributed by atoms with Crippen molar-refractivity contribution in [1.82, 2.24) is 9.55 Å². The molecular formula is C22H29N5O5S. The van der Waals surface area contributed by atoms with E-state index < -0.39 is 23.1 Å². The van der Waals surface area contributed by atoms with E-state index in [-0.39, 0.29) is 43.5 Å². The van der Waals surface area contributed by atoms with Crippen molar-refractivity contribution < 1.29 is 14.3 Å². The van der Waals surface area contributed by atoms with Crippen molar-refractivity contribution in [2.75, 3.05) is 48.6 Å². The van der Waals surface area contributed by atoms with Crippen molar-refractivity contribution in [1.29, 1.82) is 0 Å². The Hall–Kier alpha value is -3.05. The molecule has 1 aliphatic heterocycles. The van der Waals surface area contributed by atoms with Crippen LogP contribution in [0.3, 0.4) is 0 Å². The molecule has 1 atom stereocenters. The molecule has 1 aliphatic rings. The van der Waals surface area contributed by atoms with Gasteiger partial charge in [-0.1, -0.05) is 6.92 Å². The summed E-state index contributed by atoms with van der Waals surface area (Å²) in [5, 5.41) is 0. The maximum Gasteiger partial charge on any atom is 0.330 e. The fraction of sp³-hybridized carbons (Fsp3) is 0.455. The van der Waals surface area contributed by atoms with Gasteiger partial charge in [0.15, 0.2) is 5.69 Å². The number of hydrogen-bond donors (Lipinski definition) is 2. The number of amides is 2. The van der Waals surface area contributed by atoms with Crippen LogP contribution in [0.1, 0.15) is 19.8 Å². The Balaban J connectivity index is 1.93. The fourth-order valence-corrected chi connectivity index (χ4v) is 4.31. The first-order valence-corrected chi connectivity index (χ1v) is 11.9. The van der Waals surface area contributed by atoms with E-state index in [0.29, 0.717) is 18.7 Å². The zero-order chi connectivity index (χ0) is 24.1. The second-order valence-electron chi connectivity index (χ2n) is 7.73. The average molecular weight is 476 g/mol. The number of nitrogens with two attached hydrogens (primary N) is 1. The summed E-state index contributed by atoms with van der Waals surface area (Å²) in [5.41, 5.74) is 5.42. The van der Waals surface area contributed by atoms with Gasteiger partial charge in [0.1, 0.15) is 5.82 Å². The molecule has 2 amide bonds. The standard InChI is InChI=1S/C22H29N5O5S/c1-4-9-26-19(23)18(20(29)24-22(26)31)25(10-11-32-2)21(30)14-12-17(28)27(13-14)15-5-7-16(33-3)8-6-15/h5-8,14H,4,9-13,23H2,1-3H3,(H,24,29,31). The number of aromatic amines is 1. The first-order chi connectivity index (χ1) is 15.8. The first-order valence-electron chi connectivity index (χ1n) is 10.7. The number of carbonyl (C=O) groups excluding carboxylic acids is 2. The van der Waals surface area contributed by atoms with Crippen LogP contribution in [0.2, 0.25) is 0 Å². The van der Waals surface area contributed by atoms with Gasteiger partial charge in [0.25, 0.3) is 5.56 Å². The normalized spacial score (nSPS) is 15.8. The Labute approximate surface area is 195 Å². The Kier molecular flexibility index (Phi) is 7.98. The number of nitrogens with one attached hydrogen (secondary N) is 1. The molecule has 0 saturated carbocycles. The minimum absolute atomic E-state index is 0.0129. The predicted octanol–water partition coefficient (Wildman–Crippen LogP) is 1.28. The predicted molar refractivity (Wildman–Crippen MR) is 129 cm³/mol. The van der Waals surface area contributed by atoms with Crippen molar-refractivity contribution in [2.24, 2.45) is 5.92 Å². The van der Waals surface area contributed by atoms with Gasteiger partial charge in [0.2, 0.25) is 11.8 Å². The number of thioether (sulfide) groups is 1. The van der Waals surface area contributed by atoms with E-state index in [9.17, 15) is 19.2 Å². The Morgan fingerprint density at radius 3 is 2.58 bits per heavy atom. The van der Waals surface area contributed by atoms with Crippen LogP contribution in [-0.2, 0) is 20.9 Å². The maximum absolute atomic E-state index is 13.5. The summed E-state index contributed by atoms with van der Waals surface area (Å²) < 4.78 is 6.37. The number of aromatic nitrogens is 2. The molecule has 178 valence electrons. The van der Waals surface area contributed by atoms with E-state index in [4.69, 9.17) is 10.5 Å².